The number of esters is 1. The van der Waals surface area contributed by atoms with E-state index in [4.69, 9.17) is 9.47 Å². The van der Waals surface area contributed by atoms with Crippen LogP contribution < -0.4 is 5.32 Å². The van der Waals surface area contributed by atoms with Crippen LogP contribution in [0.15, 0.2) is 0 Å². The topological polar surface area (TPSA) is 94.2 Å². The minimum atomic E-state index is -1.50. The van der Waals surface area contributed by atoms with E-state index in [2.05, 4.69) is 10.1 Å². The number of ether oxygens (including phenoxy) is 3. The van der Waals surface area contributed by atoms with E-state index >= 15 is 0 Å². The zero-order valence-electron chi connectivity index (χ0n) is 9.97. The van der Waals surface area contributed by atoms with Gasteiger partial charge in [0.1, 0.15) is 0 Å². The smallest absolute Gasteiger partial charge is 0.356 e. The predicted molar refractivity (Wildman–Crippen MR) is 53.6 cm³/mol. The predicted octanol–water partition coefficient (Wildman–Crippen LogP) is -0.954. The van der Waals surface area contributed by atoms with Crippen LogP contribution >= 0.6 is 0 Å². The van der Waals surface area contributed by atoms with Gasteiger partial charge in [0.2, 0.25) is 12.0 Å². The van der Waals surface area contributed by atoms with Crippen molar-refractivity contribution in [3.8, 4) is 0 Å². The van der Waals surface area contributed by atoms with Crippen molar-refractivity contribution in [3.63, 3.8) is 0 Å². The lowest BCUT2D eigenvalue weighted by Gasteiger charge is -2.23. The molecule has 0 aromatic carbocycles. The van der Waals surface area contributed by atoms with E-state index in [0.717, 1.165) is 7.11 Å². The Morgan fingerprint density at radius 3 is 2.29 bits per heavy atom. The largest absolute Gasteiger partial charge is 0.466 e. The zero-order valence-corrected chi connectivity index (χ0v) is 9.97. The first-order valence-corrected chi connectivity index (χ1v) is 4.73. The Labute approximate surface area is 97.8 Å². The summed E-state index contributed by atoms with van der Waals surface area (Å²) in [6.07, 6.45) is -1.43. The molecule has 0 spiro atoms. The van der Waals surface area contributed by atoms with Gasteiger partial charge >= 0.3 is 12.0 Å². The van der Waals surface area contributed by atoms with Gasteiger partial charge in [-0.15, -0.1) is 0 Å². The molecule has 1 fully saturated rings. The van der Waals surface area contributed by atoms with Gasteiger partial charge in [0, 0.05) is 14.2 Å². The van der Waals surface area contributed by atoms with Crippen LogP contribution in [-0.4, -0.2) is 56.1 Å². The summed E-state index contributed by atoms with van der Waals surface area (Å²) in [7, 11) is 3.58. The van der Waals surface area contributed by atoms with Gasteiger partial charge in [-0.25, -0.2) is 14.5 Å². The number of methoxy groups -OCH3 is 3. The third-order valence-electron chi connectivity index (χ3n) is 2.46. The average Bonchev–Trinajstić information content (AvgIpc) is 2.54. The molecule has 0 bridgehead atoms. The lowest BCUT2D eigenvalue weighted by atomic mass is 10.2. The lowest BCUT2D eigenvalue weighted by molar-refractivity contribution is -0.170. The highest BCUT2D eigenvalue weighted by Crippen LogP contribution is 2.21. The lowest BCUT2D eigenvalue weighted by Crippen LogP contribution is -2.49. The summed E-state index contributed by atoms with van der Waals surface area (Å²) >= 11 is 0. The number of hydrogen-bond donors (Lipinski definition) is 1. The Balaban J connectivity index is 3.02. The van der Waals surface area contributed by atoms with Crippen molar-refractivity contribution in [2.24, 2.45) is 0 Å². The molecule has 0 saturated carbocycles. The van der Waals surface area contributed by atoms with Crippen LogP contribution in [0, 0.1) is 0 Å². The fraction of sp³-hybridized carbons (Fsp3) is 0.667. The summed E-state index contributed by atoms with van der Waals surface area (Å²) in [6.45, 7) is 1.37. The number of nitrogens with one attached hydrogen (secondary N) is 1. The van der Waals surface area contributed by atoms with E-state index in [1.54, 1.807) is 0 Å². The average molecular weight is 246 g/mol. The number of rotatable bonds is 4. The molecule has 0 aromatic heterocycles. The van der Waals surface area contributed by atoms with Gasteiger partial charge in [0.15, 0.2) is 0 Å². The van der Waals surface area contributed by atoms with E-state index in [0.29, 0.717) is 4.90 Å². The zero-order chi connectivity index (χ0) is 13.2. The minimum Gasteiger partial charge on any atom is -0.466 e. The molecular weight excluding hydrogens is 232 g/mol. The van der Waals surface area contributed by atoms with E-state index < -0.39 is 29.9 Å². The van der Waals surface area contributed by atoms with Gasteiger partial charge < -0.3 is 19.5 Å². The minimum absolute atomic E-state index is 0.620. The number of imide groups is 1. The Kier molecular flexibility index (Phi) is 3.69. The SMILES string of the molecule is COC(=O)[C@@H](OC)N1C(=O)N[C@@](C)(OC)C1=O. The van der Waals surface area contributed by atoms with Crippen LogP contribution in [0.25, 0.3) is 0 Å². The van der Waals surface area contributed by atoms with Gasteiger partial charge in [-0.05, 0) is 6.92 Å². The van der Waals surface area contributed by atoms with Crippen molar-refractivity contribution in [3.05, 3.63) is 0 Å². The second-order valence-electron chi connectivity index (χ2n) is 3.45. The van der Waals surface area contributed by atoms with Crippen LogP contribution in [0.4, 0.5) is 4.79 Å². The molecule has 0 radical (unpaired) electrons. The summed E-state index contributed by atoms with van der Waals surface area (Å²) in [5, 5.41) is 2.30. The summed E-state index contributed by atoms with van der Waals surface area (Å²) in [5.41, 5.74) is -1.50. The summed E-state index contributed by atoms with van der Waals surface area (Å²) in [6, 6.07) is -0.781. The Hall–Kier alpha value is -1.67. The molecule has 3 amide bonds. The number of nitrogens with zero attached hydrogens (tertiary/aromatic N) is 1. The monoisotopic (exact) mass is 246 g/mol. The first-order chi connectivity index (χ1) is 7.91. The molecule has 1 N–H and O–H groups in total. The first kappa shape index (κ1) is 13.4. The summed E-state index contributed by atoms with van der Waals surface area (Å²) < 4.78 is 14.1. The van der Waals surface area contributed by atoms with Gasteiger partial charge in [-0.1, -0.05) is 0 Å². The van der Waals surface area contributed by atoms with Crippen LogP contribution in [0.5, 0.6) is 0 Å². The molecule has 8 heteroatoms. The molecule has 96 valence electrons. The summed E-state index contributed by atoms with van der Waals surface area (Å²) in [4.78, 5) is 35.5. The number of hydrogen-bond acceptors (Lipinski definition) is 6. The highest BCUT2D eigenvalue weighted by atomic mass is 16.6. The molecule has 0 aromatic rings. The van der Waals surface area contributed by atoms with Crippen molar-refractivity contribution >= 4 is 17.9 Å². The fourth-order valence-electron chi connectivity index (χ4n) is 1.40. The maximum absolute atomic E-state index is 11.9. The Bertz CT molecular complexity index is 357. The van der Waals surface area contributed by atoms with Crippen LogP contribution in [0.2, 0.25) is 0 Å². The molecule has 17 heavy (non-hydrogen) atoms. The van der Waals surface area contributed by atoms with Gasteiger partial charge in [-0.3, -0.25) is 4.79 Å². The third-order valence-corrected chi connectivity index (χ3v) is 2.46. The second kappa shape index (κ2) is 4.68. The standard InChI is InChI=1S/C9H14N2O6/c1-9(17-4)7(13)11(8(14)10-9)5(15-2)6(12)16-3/h5H,1-4H3,(H,10,14)/t5-,9+/m1/s1. The Morgan fingerprint density at radius 1 is 1.35 bits per heavy atom. The number of amides is 3. The van der Waals surface area contributed by atoms with Crippen molar-refractivity contribution in [2.45, 2.75) is 18.9 Å². The van der Waals surface area contributed by atoms with Crippen molar-refractivity contribution in [2.75, 3.05) is 21.3 Å². The second-order valence-corrected chi connectivity index (χ2v) is 3.45. The van der Waals surface area contributed by atoms with Crippen molar-refractivity contribution in [1.82, 2.24) is 10.2 Å². The van der Waals surface area contributed by atoms with E-state index in [-0.39, 0.29) is 0 Å². The van der Waals surface area contributed by atoms with Gasteiger partial charge in [0.05, 0.1) is 7.11 Å². The van der Waals surface area contributed by atoms with Crippen LogP contribution in [0.3, 0.4) is 0 Å². The summed E-state index contributed by atoms with van der Waals surface area (Å²) in [5.74, 6) is -1.57. The third kappa shape index (κ3) is 2.08. The maximum Gasteiger partial charge on any atom is 0.356 e. The maximum atomic E-state index is 11.9. The highest BCUT2D eigenvalue weighted by Gasteiger charge is 2.53. The van der Waals surface area contributed by atoms with Crippen LogP contribution in [-0.2, 0) is 23.8 Å². The Morgan fingerprint density at radius 2 is 1.94 bits per heavy atom. The van der Waals surface area contributed by atoms with E-state index in [1.165, 1.54) is 21.1 Å². The molecule has 8 nitrogen and oxygen atoms in total. The van der Waals surface area contributed by atoms with Crippen molar-refractivity contribution < 1.29 is 28.6 Å². The molecule has 1 aliphatic heterocycles. The van der Waals surface area contributed by atoms with Gasteiger partial charge in [0.25, 0.3) is 5.91 Å². The quantitative estimate of drug-likeness (QED) is 0.507. The van der Waals surface area contributed by atoms with E-state index in [9.17, 15) is 14.4 Å². The number of carbonyl (C=O) groups is 3. The van der Waals surface area contributed by atoms with Gasteiger partial charge in [-0.2, -0.15) is 0 Å². The molecule has 0 unspecified atom stereocenters. The number of urea groups is 1. The molecular formula is C9H14N2O6. The highest BCUT2D eigenvalue weighted by molar-refractivity contribution is 6.08. The van der Waals surface area contributed by atoms with Crippen molar-refractivity contribution in [1.29, 1.82) is 0 Å². The van der Waals surface area contributed by atoms with E-state index in [1.807, 2.05) is 0 Å². The first-order valence-electron chi connectivity index (χ1n) is 4.73. The fourth-order valence-corrected chi connectivity index (χ4v) is 1.40. The molecule has 1 aliphatic rings. The molecule has 1 heterocycles. The molecule has 0 aliphatic carbocycles. The molecule has 1 saturated heterocycles. The normalized spacial score (nSPS) is 25.8. The molecule has 1 rings (SSSR count). The molecule has 2 atom stereocenters. The number of carbonyl (C=O) groups excluding carboxylic acids is 3. The van der Waals surface area contributed by atoms with Crippen LogP contribution in [0.1, 0.15) is 6.92 Å².